The Morgan fingerprint density at radius 2 is 1.73 bits per heavy atom. The van der Waals surface area contributed by atoms with Crippen LogP contribution in [0.4, 0.5) is 18.9 Å². The van der Waals surface area contributed by atoms with E-state index in [1.807, 2.05) is 33.9 Å². The summed E-state index contributed by atoms with van der Waals surface area (Å²) in [4.78, 5) is 37.5. The second-order valence-corrected chi connectivity index (χ2v) is 17.6. The van der Waals surface area contributed by atoms with Gasteiger partial charge in [0.25, 0.3) is 5.69 Å². The van der Waals surface area contributed by atoms with Gasteiger partial charge >= 0.3 is 21.6 Å². The third kappa shape index (κ3) is 5.74. The zero-order valence-electron chi connectivity index (χ0n) is 22.9. The molecule has 2 aliphatic heterocycles. The highest BCUT2D eigenvalue weighted by Gasteiger charge is 2.63. The van der Waals surface area contributed by atoms with Crippen LogP contribution in [0.5, 0.6) is 0 Å². The highest BCUT2D eigenvalue weighted by molar-refractivity contribution is 7.87. The molecular weight excluding hydrogens is 577 g/mol. The lowest BCUT2D eigenvalue weighted by atomic mass is 9.79. The molecular formula is C24H31F3N2O9SSi. The van der Waals surface area contributed by atoms with Gasteiger partial charge in [-0.3, -0.25) is 19.8 Å². The van der Waals surface area contributed by atoms with Crippen molar-refractivity contribution in [3.8, 4) is 0 Å². The molecule has 2 heterocycles. The number of non-ortho nitro benzene ring substituents is 1. The number of ether oxygens (including phenoxy) is 1. The number of esters is 1. The SMILES string of the molecule is C[C@@H](O[Si](C)(C)C(C)(C)C)[C@H]1C(=O)N2C(C(=O)OCc3ccc([N+](=O)[O-])cc3)=C(OS(=O)(=O)C(F)(F)F)[C@H](C)[C@H]12. The number of hydrogen-bond donors (Lipinski definition) is 0. The zero-order chi connectivity index (χ0) is 30.6. The Labute approximate surface area is 230 Å². The fourth-order valence-corrected chi connectivity index (χ4v) is 6.41. The largest absolute Gasteiger partial charge is 0.534 e. The Balaban J connectivity index is 1.92. The van der Waals surface area contributed by atoms with E-state index in [0.717, 1.165) is 17.0 Å². The number of carbonyl (C=O) groups excluding carboxylic acids is 2. The molecule has 0 spiro atoms. The van der Waals surface area contributed by atoms with Crippen LogP contribution in [0.2, 0.25) is 18.1 Å². The summed E-state index contributed by atoms with van der Waals surface area (Å²) in [6, 6.07) is 4.01. The molecule has 4 atom stereocenters. The van der Waals surface area contributed by atoms with E-state index >= 15 is 0 Å². The van der Waals surface area contributed by atoms with Crippen LogP contribution >= 0.6 is 0 Å². The molecule has 11 nitrogen and oxygen atoms in total. The molecule has 0 aromatic heterocycles. The summed E-state index contributed by atoms with van der Waals surface area (Å²) in [5.74, 6) is -4.78. The maximum Gasteiger partial charge on any atom is 0.534 e. The van der Waals surface area contributed by atoms with Gasteiger partial charge in [0.15, 0.2) is 19.8 Å². The molecule has 1 aromatic rings. The van der Waals surface area contributed by atoms with Gasteiger partial charge in [-0.15, -0.1) is 0 Å². The van der Waals surface area contributed by atoms with E-state index in [9.17, 15) is 41.3 Å². The first-order valence-electron chi connectivity index (χ1n) is 12.3. The van der Waals surface area contributed by atoms with Crippen molar-refractivity contribution < 1.29 is 49.4 Å². The summed E-state index contributed by atoms with van der Waals surface area (Å²) in [5.41, 5.74) is -6.44. The smallest absolute Gasteiger partial charge is 0.456 e. The number of alkyl halides is 3. The average molecular weight is 609 g/mol. The molecule has 1 saturated heterocycles. The minimum Gasteiger partial charge on any atom is -0.456 e. The number of hydrogen-bond acceptors (Lipinski definition) is 9. The van der Waals surface area contributed by atoms with Crippen molar-refractivity contribution in [2.45, 2.75) is 77.0 Å². The van der Waals surface area contributed by atoms with Crippen molar-refractivity contribution in [2.24, 2.45) is 11.8 Å². The Kier molecular flexibility index (Phi) is 8.24. The number of carbonyl (C=O) groups is 2. The van der Waals surface area contributed by atoms with Crippen LogP contribution in [0, 0.1) is 22.0 Å². The van der Waals surface area contributed by atoms with Crippen LogP contribution in [-0.4, -0.2) is 56.1 Å². The van der Waals surface area contributed by atoms with E-state index in [-0.39, 0.29) is 10.7 Å². The second kappa shape index (κ2) is 10.4. The normalized spacial score (nSPS) is 22.5. The molecule has 222 valence electrons. The minimum atomic E-state index is -6.17. The Hall–Kier alpha value is -2.98. The molecule has 0 bridgehead atoms. The van der Waals surface area contributed by atoms with Crippen LogP contribution in [0.15, 0.2) is 35.7 Å². The number of benzene rings is 1. The molecule has 3 rings (SSSR count). The molecule has 1 fully saturated rings. The van der Waals surface area contributed by atoms with E-state index in [2.05, 4.69) is 4.18 Å². The number of nitrogens with zero attached hydrogens (tertiary/aromatic N) is 2. The molecule has 2 aliphatic rings. The van der Waals surface area contributed by atoms with Crippen LogP contribution < -0.4 is 0 Å². The van der Waals surface area contributed by atoms with Crippen molar-refractivity contribution >= 4 is 36.0 Å². The highest BCUT2D eigenvalue weighted by Crippen LogP contribution is 2.50. The average Bonchev–Trinajstić information content (AvgIpc) is 3.03. The maximum atomic E-state index is 13.3. The van der Waals surface area contributed by atoms with Gasteiger partial charge in [-0.05, 0) is 42.8 Å². The maximum absolute atomic E-state index is 13.3. The Morgan fingerprint density at radius 1 is 1.18 bits per heavy atom. The Bertz CT molecular complexity index is 1340. The zero-order valence-corrected chi connectivity index (χ0v) is 24.8. The summed E-state index contributed by atoms with van der Waals surface area (Å²) in [5, 5.41) is 10.6. The number of halogens is 3. The lowest BCUT2D eigenvalue weighted by Crippen LogP contribution is -2.65. The van der Waals surface area contributed by atoms with Crippen molar-refractivity contribution in [3.05, 3.63) is 51.4 Å². The van der Waals surface area contributed by atoms with Crippen LogP contribution in [0.3, 0.4) is 0 Å². The number of nitro groups is 1. The number of fused-ring (bicyclic) bond motifs is 1. The molecule has 0 saturated carbocycles. The lowest BCUT2D eigenvalue weighted by Gasteiger charge is -2.49. The van der Waals surface area contributed by atoms with Gasteiger partial charge in [-0.2, -0.15) is 21.6 Å². The Morgan fingerprint density at radius 3 is 2.20 bits per heavy atom. The lowest BCUT2D eigenvalue weighted by molar-refractivity contribution is -0.384. The summed E-state index contributed by atoms with van der Waals surface area (Å²) in [6.45, 7) is 12.5. The van der Waals surface area contributed by atoms with E-state index in [1.54, 1.807) is 6.92 Å². The predicted octanol–water partition coefficient (Wildman–Crippen LogP) is 4.60. The highest BCUT2D eigenvalue weighted by atomic mass is 32.2. The van der Waals surface area contributed by atoms with Gasteiger partial charge in [0.2, 0.25) is 5.91 Å². The summed E-state index contributed by atoms with van der Waals surface area (Å²) >= 11 is 0. The van der Waals surface area contributed by atoms with Gasteiger partial charge in [0, 0.05) is 18.1 Å². The monoisotopic (exact) mass is 608 g/mol. The van der Waals surface area contributed by atoms with E-state index in [4.69, 9.17) is 9.16 Å². The molecule has 0 N–H and O–H groups in total. The number of amides is 1. The van der Waals surface area contributed by atoms with Crippen molar-refractivity contribution in [2.75, 3.05) is 0 Å². The van der Waals surface area contributed by atoms with Gasteiger partial charge in [-0.1, -0.05) is 27.7 Å². The summed E-state index contributed by atoms with van der Waals surface area (Å²) < 4.78 is 79.3. The van der Waals surface area contributed by atoms with E-state index in [1.165, 1.54) is 19.1 Å². The summed E-state index contributed by atoms with van der Waals surface area (Å²) in [7, 11) is -8.56. The van der Waals surface area contributed by atoms with E-state index in [0.29, 0.717) is 5.56 Å². The minimum absolute atomic E-state index is 0.213. The van der Waals surface area contributed by atoms with Crippen LogP contribution in [0.1, 0.15) is 40.2 Å². The quantitative estimate of drug-likeness (QED) is 0.0747. The van der Waals surface area contributed by atoms with E-state index < -0.39 is 82.8 Å². The van der Waals surface area contributed by atoms with Crippen molar-refractivity contribution in [3.63, 3.8) is 0 Å². The van der Waals surface area contributed by atoms with Gasteiger partial charge in [0.1, 0.15) is 6.61 Å². The number of nitro benzene ring substituents is 1. The third-order valence-corrected chi connectivity index (χ3v) is 13.1. The first-order chi connectivity index (χ1) is 18.1. The first kappa shape index (κ1) is 31.5. The van der Waals surface area contributed by atoms with Gasteiger partial charge < -0.3 is 13.3 Å². The third-order valence-electron chi connectivity index (χ3n) is 7.57. The number of β-lactam (4-membered cyclic amide) rings is 1. The molecule has 1 aromatic carbocycles. The van der Waals surface area contributed by atoms with Crippen molar-refractivity contribution in [1.29, 1.82) is 0 Å². The standard InChI is InChI=1S/C24H31F3N2O9SSi/c1-13-18-17(14(2)38-40(6,7)23(3,4)5)21(30)28(18)19(20(13)37-39(34,35)24(25,26)27)22(31)36-12-15-8-10-16(11-9-15)29(32)33/h8-11,13-14,17-18H,12H2,1-7H3/t13-,14-,17-,18-/m1/s1. The van der Waals surface area contributed by atoms with Gasteiger partial charge in [-0.25, -0.2) is 4.79 Å². The predicted molar refractivity (Wildman–Crippen MR) is 137 cm³/mol. The fraction of sp³-hybridized carbons (Fsp3) is 0.583. The topological polar surface area (TPSA) is 142 Å². The van der Waals surface area contributed by atoms with Gasteiger partial charge in [0.05, 0.1) is 23.0 Å². The summed E-state index contributed by atoms with van der Waals surface area (Å²) in [6.07, 6.45) is -0.687. The van der Waals surface area contributed by atoms with Crippen LogP contribution in [0.25, 0.3) is 0 Å². The second-order valence-electron chi connectivity index (χ2n) is 11.3. The molecule has 40 heavy (non-hydrogen) atoms. The number of rotatable bonds is 9. The first-order valence-corrected chi connectivity index (χ1v) is 16.6. The molecule has 0 unspecified atom stereocenters. The molecule has 1 amide bonds. The van der Waals surface area contributed by atoms with Crippen LogP contribution in [-0.2, 0) is 39.7 Å². The molecule has 16 heteroatoms. The molecule has 0 aliphatic carbocycles. The van der Waals surface area contributed by atoms with Crippen molar-refractivity contribution in [1.82, 2.24) is 4.90 Å². The molecule has 0 radical (unpaired) electrons. The fourth-order valence-electron chi connectivity index (χ4n) is 4.42.